The molecule has 3 rings (SSSR count). The van der Waals surface area contributed by atoms with Gasteiger partial charge in [0.15, 0.2) is 11.3 Å². The van der Waals surface area contributed by atoms with Crippen molar-refractivity contribution in [2.24, 2.45) is 0 Å². The number of methoxy groups -OCH3 is 1. The Kier molecular flexibility index (Phi) is 6.35. The molecule has 0 bridgehead atoms. The van der Waals surface area contributed by atoms with Crippen LogP contribution in [-0.4, -0.2) is 26.2 Å². The fourth-order valence-electron chi connectivity index (χ4n) is 2.45. The number of carbonyl (C=O) groups is 1. The number of para-hydroxylation sites is 1. The number of ether oxygens (including phenoxy) is 2. The van der Waals surface area contributed by atoms with Crippen molar-refractivity contribution in [2.45, 2.75) is 0 Å². The van der Waals surface area contributed by atoms with E-state index in [4.69, 9.17) is 13.9 Å². The predicted octanol–water partition coefficient (Wildman–Crippen LogP) is 3.38. The lowest BCUT2D eigenvalue weighted by Crippen LogP contribution is -2.28. The van der Waals surface area contributed by atoms with Gasteiger partial charge in [-0.1, -0.05) is 46.0 Å². The summed E-state index contributed by atoms with van der Waals surface area (Å²) in [5, 5.41) is 3.17. The number of hydrogen-bond acceptors (Lipinski definition) is 5. The molecule has 0 unspecified atom stereocenters. The van der Waals surface area contributed by atoms with Gasteiger partial charge in [0.1, 0.15) is 17.9 Å². The Labute approximate surface area is 169 Å². The number of amides is 1. The van der Waals surface area contributed by atoms with Crippen LogP contribution in [0.3, 0.4) is 0 Å². The summed E-state index contributed by atoms with van der Waals surface area (Å²) in [7, 11) is 1.48. The Bertz CT molecular complexity index is 1130. The highest BCUT2D eigenvalue weighted by molar-refractivity contribution is 9.10. The number of nitrogens with one attached hydrogen (secondary N) is 1. The molecule has 6 nitrogen and oxygen atoms in total. The Morgan fingerprint density at radius 2 is 2.00 bits per heavy atom. The molecular formula is C21H16BrNO5. The van der Waals surface area contributed by atoms with Crippen molar-refractivity contribution in [1.29, 1.82) is 0 Å². The van der Waals surface area contributed by atoms with Crippen LogP contribution < -0.4 is 20.4 Å². The quantitative estimate of drug-likeness (QED) is 0.485. The predicted molar refractivity (Wildman–Crippen MR) is 109 cm³/mol. The van der Waals surface area contributed by atoms with Crippen LogP contribution in [0.4, 0.5) is 0 Å². The second kappa shape index (κ2) is 9.11. The third-order valence-electron chi connectivity index (χ3n) is 3.76. The van der Waals surface area contributed by atoms with Crippen molar-refractivity contribution in [1.82, 2.24) is 5.32 Å². The van der Waals surface area contributed by atoms with Gasteiger partial charge in [0.25, 0.3) is 5.91 Å². The molecule has 0 atom stereocenters. The fraction of sp³-hybridized carbons (Fsp3) is 0.143. The number of carbonyl (C=O) groups excluding carboxylic acids is 1. The van der Waals surface area contributed by atoms with Gasteiger partial charge in [-0.3, -0.25) is 4.79 Å². The van der Waals surface area contributed by atoms with Crippen molar-refractivity contribution in [2.75, 3.05) is 20.3 Å². The van der Waals surface area contributed by atoms with Crippen LogP contribution in [0.1, 0.15) is 10.4 Å². The van der Waals surface area contributed by atoms with Gasteiger partial charge < -0.3 is 19.2 Å². The second-order valence-electron chi connectivity index (χ2n) is 5.61. The van der Waals surface area contributed by atoms with Gasteiger partial charge in [0.05, 0.1) is 13.7 Å². The monoisotopic (exact) mass is 441 g/mol. The lowest BCUT2D eigenvalue weighted by molar-refractivity contribution is 0.0955. The third-order valence-corrected chi connectivity index (χ3v) is 4.25. The normalized spacial score (nSPS) is 10.1. The zero-order valence-corrected chi connectivity index (χ0v) is 16.5. The molecule has 1 aromatic heterocycles. The van der Waals surface area contributed by atoms with Crippen LogP contribution >= 0.6 is 15.9 Å². The SMILES string of the molecule is COc1cccc2cc(C(=O)NCC#CCOc3cccc(Br)c3)c(=O)oc12. The highest BCUT2D eigenvalue weighted by atomic mass is 79.9. The first kappa shape index (κ1) is 19.5. The summed E-state index contributed by atoms with van der Waals surface area (Å²) in [6.07, 6.45) is 0. The molecule has 0 radical (unpaired) electrons. The Morgan fingerprint density at radius 1 is 1.18 bits per heavy atom. The van der Waals surface area contributed by atoms with E-state index in [-0.39, 0.29) is 18.7 Å². The Balaban J connectivity index is 1.60. The fourth-order valence-corrected chi connectivity index (χ4v) is 2.82. The van der Waals surface area contributed by atoms with Gasteiger partial charge >= 0.3 is 5.63 Å². The van der Waals surface area contributed by atoms with Crippen molar-refractivity contribution in [3.63, 3.8) is 0 Å². The van der Waals surface area contributed by atoms with E-state index in [2.05, 4.69) is 33.1 Å². The average Bonchev–Trinajstić information content (AvgIpc) is 2.69. The minimum absolute atomic E-state index is 0.0796. The molecule has 0 saturated heterocycles. The van der Waals surface area contributed by atoms with Crippen molar-refractivity contribution in [3.8, 4) is 23.3 Å². The van der Waals surface area contributed by atoms with Gasteiger partial charge in [0, 0.05) is 9.86 Å². The van der Waals surface area contributed by atoms with E-state index in [0.717, 1.165) is 4.47 Å². The van der Waals surface area contributed by atoms with Crippen LogP contribution in [0.15, 0.2) is 62.2 Å². The summed E-state index contributed by atoms with van der Waals surface area (Å²) in [4.78, 5) is 24.4. The summed E-state index contributed by atoms with van der Waals surface area (Å²) >= 11 is 3.36. The maximum absolute atomic E-state index is 12.2. The van der Waals surface area contributed by atoms with Crippen LogP contribution in [0.5, 0.6) is 11.5 Å². The van der Waals surface area contributed by atoms with E-state index in [1.165, 1.54) is 13.2 Å². The third kappa shape index (κ3) is 4.72. The summed E-state index contributed by atoms with van der Waals surface area (Å²) in [6, 6.07) is 14.0. The molecule has 28 heavy (non-hydrogen) atoms. The van der Waals surface area contributed by atoms with E-state index in [1.807, 2.05) is 24.3 Å². The standard InChI is InChI=1S/C21H16BrNO5/c1-26-18-9-4-6-14-12-17(21(25)28-19(14)18)20(24)23-10-2-3-11-27-16-8-5-7-15(22)13-16/h4-9,12-13H,10-11H2,1H3,(H,23,24). The molecule has 1 N–H and O–H groups in total. The van der Waals surface area contributed by atoms with E-state index in [1.54, 1.807) is 18.2 Å². The maximum atomic E-state index is 12.2. The van der Waals surface area contributed by atoms with Crippen LogP contribution in [0, 0.1) is 11.8 Å². The number of hydrogen-bond donors (Lipinski definition) is 1. The van der Waals surface area contributed by atoms with E-state index >= 15 is 0 Å². The summed E-state index contributed by atoms with van der Waals surface area (Å²) < 4.78 is 16.8. The zero-order valence-electron chi connectivity index (χ0n) is 15.0. The average molecular weight is 442 g/mol. The van der Waals surface area contributed by atoms with Gasteiger partial charge in [-0.2, -0.15) is 0 Å². The number of fused-ring (bicyclic) bond motifs is 1. The first-order valence-electron chi connectivity index (χ1n) is 8.31. The molecule has 0 aliphatic heterocycles. The second-order valence-corrected chi connectivity index (χ2v) is 6.52. The largest absolute Gasteiger partial charge is 0.493 e. The molecule has 1 heterocycles. The topological polar surface area (TPSA) is 77.8 Å². The Hall–Kier alpha value is -3.24. The summed E-state index contributed by atoms with van der Waals surface area (Å²) in [5.74, 6) is 6.14. The molecule has 1 amide bonds. The van der Waals surface area contributed by atoms with Gasteiger partial charge in [-0.25, -0.2) is 4.79 Å². The zero-order chi connectivity index (χ0) is 19.9. The summed E-state index contributed by atoms with van der Waals surface area (Å²) in [5.41, 5.74) is -0.524. The molecule has 2 aromatic carbocycles. The highest BCUT2D eigenvalue weighted by Crippen LogP contribution is 2.24. The highest BCUT2D eigenvalue weighted by Gasteiger charge is 2.14. The minimum Gasteiger partial charge on any atom is -0.493 e. The van der Waals surface area contributed by atoms with Crippen molar-refractivity contribution >= 4 is 32.8 Å². The molecule has 142 valence electrons. The molecule has 0 fully saturated rings. The van der Waals surface area contributed by atoms with Gasteiger partial charge in [-0.05, 0) is 30.3 Å². The molecule has 7 heteroatoms. The van der Waals surface area contributed by atoms with Crippen molar-refractivity contribution < 1.29 is 18.7 Å². The molecular weight excluding hydrogens is 426 g/mol. The molecule has 3 aromatic rings. The van der Waals surface area contributed by atoms with Crippen LogP contribution in [0.2, 0.25) is 0 Å². The van der Waals surface area contributed by atoms with Crippen molar-refractivity contribution in [3.05, 3.63) is 69.0 Å². The molecule has 0 aliphatic carbocycles. The number of benzene rings is 2. The Morgan fingerprint density at radius 3 is 2.79 bits per heavy atom. The lowest BCUT2D eigenvalue weighted by Gasteiger charge is -2.05. The van der Waals surface area contributed by atoms with E-state index in [0.29, 0.717) is 22.5 Å². The van der Waals surface area contributed by atoms with Gasteiger partial charge in [-0.15, -0.1) is 0 Å². The minimum atomic E-state index is -0.736. The maximum Gasteiger partial charge on any atom is 0.349 e. The number of rotatable bonds is 5. The lowest BCUT2D eigenvalue weighted by atomic mass is 10.1. The van der Waals surface area contributed by atoms with Crippen LogP contribution in [-0.2, 0) is 0 Å². The first-order valence-corrected chi connectivity index (χ1v) is 9.11. The molecule has 0 spiro atoms. The first-order chi connectivity index (χ1) is 13.6. The number of halogens is 1. The molecule has 0 aliphatic rings. The van der Waals surface area contributed by atoms with Gasteiger partial charge in [0.2, 0.25) is 0 Å². The molecule has 0 saturated carbocycles. The summed E-state index contributed by atoms with van der Waals surface area (Å²) in [6.45, 7) is 0.264. The van der Waals surface area contributed by atoms with E-state index < -0.39 is 11.5 Å². The smallest absolute Gasteiger partial charge is 0.349 e. The van der Waals surface area contributed by atoms with Crippen LogP contribution in [0.25, 0.3) is 11.0 Å². The van der Waals surface area contributed by atoms with E-state index in [9.17, 15) is 9.59 Å².